The van der Waals surface area contributed by atoms with E-state index in [9.17, 15) is 0 Å². The molecular weight excluding hydrogens is 231 g/mol. The predicted molar refractivity (Wildman–Crippen MR) is 55.6 cm³/mol. The average Bonchev–Trinajstić information content (AvgIpc) is 2.26. The summed E-state index contributed by atoms with van der Waals surface area (Å²) in [6.07, 6.45) is 8.94. The Balaban J connectivity index is 0.000000253. The maximum absolute atomic E-state index is 3.82. The molecule has 2 aromatic rings. The van der Waals surface area contributed by atoms with Gasteiger partial charge >= 0.3 is 16.5 Å². The minimum absolute atomic E-state index is 0. The Bertz CT molecular complexity index is 315. The molecule has 2 nitrogen and oxygen atoms in total. The van der Waals surface area contributed by atoms with Crippen LogP contribution in [0.4, 0.5) is 0 Å². The number of aryl methyl sites for hydroxylation is 2. The summed E-state index contributed by atoms with van der Waals surface area (Å²) in [6.45, 7) is 4.05. The van der Waals surface area contributed by atoms with Gasteiger partial charge in [-0.25, -0.2) is 0 Å². The fourth-order valence-electron chi connectivity index (χ4n) is 0.774. The molecule has 0 aromatic carbocycles. The summed E-state index contributed by atoms with van der Waals surface area (Å²) in [5, 5.41) is 0. The summed E-state index contributed by atoms with van der Waals surface area (Å²) in [4.78, 5) is 7.48. The van der Waals surface area contributed by atoms with Crippen LogP contribution in [0.2, 0.25) is 0 Å². The first-order valence-corrected chi connectivity index (χ1v) is 4.37. The van der Waals surface area contributed by atoms with Gasteiger partial charge in [-0.2, -0.15) is 29.8 Å². The fourth-order valence-corrected chi connectivity index (χ4v) is 0.774. The fraction of sp³-hybridized carbons (Fsp3) is 0.167. The van der Waals surface area contributed by atoms with E-state index in [0.29, 0.717) is 0 Å². The van der Waals surface area contributed by atoms with Crippen molar-refractivity contribution in [2.24, 2.45) is 0 Å². The van der Waals surface area contributed by atoms with Crippen molar-refractivity contribution < 1.29 is 16.5 Å². The molecule has 80 valence electrons. The topological polar surface area (TPSA) is 25.8 Å². The third kappa shape index (κ3) is 5.98. The van der Waals surface area contributed by atoms with Crippen molar-refractivity contribution in [2.45, 2.75) is 13.8 Å². The largest absolute Gasteiger partial charge is 2.00 e. The second-order valence-corrected chi connectivity index (χ2v) is 2.82. The van der Waals surface area contributed by atoms with Crippen LogP contribution in [0.15, 0.2) is 36.7 Å². The molecule has 0 amide bonds. The van der Waals surface area contributed by atoms with Gasteiger partial charge in [-0.05, 0) is 0 Å². The number of pyridine rings is 2. The Morgan fingerprint density at radius 1 is 1.07 bits per heavy atom. The van der Waals surface area contributed by atoms with Crippen LogP contribution >= 0.6 is 0 Å². The molecule has 0 radical (unpaired) electrons. The van der Waals surface area contributed by atoms with Crippen LogP contribution in [-0.2, 0) is 16.5 Å². The Morgan fingerprint density at radius 3 is 2.13 bits per heavy atom. The van der Waals surface area contributed by atoms with E-state index in [1.54, 1.807) is 18.5 Å². The van der Waals surface area contributed by atoms with Crippen molar-refractivity contribution >= 4 is 0 Å². The number of rotatable bonds is 0. The molecule has 0 saturated carbocycles. The van der Waals surface area contributed by atoms with E-state index in [1.807, 2.05) is 32.0 Å². The number of hydrogen-bond donors (Lipinski definition) is 0. The summed E-state index contributed by atoms with van der Waals surface area (Å²) in [7, 11) is 0. The van der Waals surface area contributed by atoms with Crippen molar-refractivity contribution in [3.8, 4) is 0 Å². The molecule has 0 saturated heterocycles. The summed E-state index contributed by atoms with van der Waals surface area (Å²) in [5.74, 6) is 0. The van der Waals surface area contributed by atoms with E-state index in [2.05, 4.69) is 22.4 Å². The van der Waals surface area contributed by atoms with Crippen LogP contribution in [0.1, 0.15) is 11.1 Å². The van der Waals surface area contributed by atoms with Gasteiger partial charge in [0.2, 0.25) is 0 Å². The summed E-state index contributed by atoms with van der Waals surface area (Å²) in [6, 6.07) is 7.48. The van der Waals surface area contributed by atoms with E-state index < -0.39 is 0 Å². The molecule has 0 unspecified atom stereocenters. The summed E-state index contributed by atoms with van der Waals surface area (Å²) >= 11 is 0. The van der Waals surface area contributed by atoms with Crippen molar-refractivity contribution in [1.82, 2.24) is 9.97 Å². The van der Waals surface area contributed by atoms with Crippen LogP contribution in [0.5, 0.6) is 0 Å². The third-order valence-corrected chi connectivity index (χ3v) is 1.74. The van der Waals surface area contributed by atoms with Crippen molar-refractivity contribution in [1.29, 1.82) is 0 Å². The summed E-state index contributed by atoms with van der Waals surface area (Å²) < 4.78 is 0. The van der Waals surface area contributed by atoms with Gasteiger partial charge in [-0.3, -0.25) is 0 Å². The maximum atomic E-state index is 3.82. The predicted octanol–water partition coefficient (Wildman–Crippen LogP) is 2.38. The Labute approximate surface area is 101 Å². The molecule has 2 rings (SSSR count). The molecule has 0 aliphatic heterocycles. The van der Waals surface area contributed by atoms with Gasteiger partial charge in [0.25, 0.3) is 0 Å². The third-order valence-electron chi connectivity index (χ3n) is 1.74. The number of nitrogens with zero attached hydrogens (tertiary/aromatic N) is 2. The zero-order valence-corrected chi connectivity index (χ0v) is 9.66. The molecular formula is C12H12N2Ni. The molecule has 2 aromatic heterocycles. The first-order valence-electron chi connectivity index (χ1n) is 4.37. The van der Waals surface area contributed by atoms with Crippen LogP contribution in [0, 0.1) is 26.2 Å². The van der Waals surface area contributed by atoms with Gasteiger partial charge < -0.3 is 9.97 Å². The minimum Gasteiger partial charge on any atom is -0.394 e. The SMILES string of the molecule is Cc1[c-]nccc1C.[Ni+2].[c-]1ccccn1. The Morgan fingerprint density at radius 2 is 1.87 bits per heavy atom. The van der Waals surface area contributed by atoms with Gasteiger partial charge in [0, 0.05) is 0 Å². The second-order valence-electron chi connectivity index (χ2n) is 2.82. The normalized spacial score (nSPS) is 8.13. The summed E-state index contributed by atoms with van der Waals surface area (Å²) in [5.41, 5.74) is 2.38. The molecule has 0 bridgehead atoms. The van der Waals surface area contributed by atoms with Crippen molar-refractivity contribution in [3.05, 3.63) is 60.2 Å². The Hall–Kier alpha value is -1.21. The van der Waals surface area contributed by atoms with Crippen LogP contribution in [-0.4, -0.2) is 9.97 Å². The van der Waals surface area contributed by atoms with Gasteiger partial charge in [0.1, 0.15) is 0 Å². The molecule has 15 heavy (non-hydrogen) atoms. The van der Waals surface area contributed by atoms with E-state index in [-0.39, 0.29) is 16.5 Å². The van der Waals surface area contributed by atoms with E-state index in [1.165, 1.54) is 5.56 Å². The van der Waals surface area contributed by atoms with E-state index >= 15 is 0 Å². The zero-order chi connectivity index (χ0) is 10.2. The first kappa shape index (κ1) is 13.8. The van der Waals surface area contributed by atoms with Gasteiger partial charge in [-0.1, -0.05) is 38.6 Å². The Kier molecular flexibility index (Phi) is 7.48. The quantitative estimate of drug-likeness (QED) is 0.524. The first-order chi connectivity index (χ1) is 6.80. The van der Waals surface area contributed by atoms with Crippen LogP contribution in [0.25, 0.3) is 0 Å². The standard InChI is InChI=1S/C7H8N.C5H4N.Ni/c1-6-3-4-8-5-7(6)2;1-2-4-6-5-3-1;/h3-4H,1-2H3;1-4H;/q2*-1;+2. The maximum Gasteiger partial charge on any atom is 2.00 e. The molecule has 0 aliphatic carbocycles. The van der Waals surface area contributed by atoms with E-state index in [4.69, 9.17) is 0 Å². The van der Waals surface area contributed by atoms with Gasteiger partial charge in [0.05, 0.1) is 0 Å². The molecule has 3 heteroatoms. The molecule has 0 fully saturated rings. The van der Waals surface area contributed by atoms with Gasteiger partial charge in [-0.15, -0.1) is 5.56 Å². The zero-order valence-electron chi connectivity index (χ0n) is 8.67. The monoisotopic (exact) mass is 242 g/mol. The van der Waals surface area contributed by atoms with Crippen LogP contribution in [0.3, 0.4) is 0 Å². The van der Waals surface area contributed by atoms with Crippen molar-refractivity contribution in [3.63, 3.8) is 0 Å². The number of aromatic nitrogens is 2. The molecule has 2 heterocycles. The smallest absolute Gasteiger partial charge is 0.394 e. The molecule has 0 atom stereocenters. The average molecular weight is 243 g/mol. The number of hydrogen-bond acceptors (Lipinski definition) is 2. The van der Waals surface area contributed by atoms with Crippen LogP contribution < -0.4 is 0 Å². The van der Waals surface area contributed by atoms with Gasteiger partial charge in [0.15, 0.2) is 0 Å². The van der Waals surface area contributed by atoms with Crippen molar-refractivity contribution in [2.75, 3.05) is 0 Å². The van der Waals surface area contributed by atoms with E-state index in [0.717, 1.165) is 5.56 Å². The molecule has 0 spiro atoms. The molecule has 0 N–H and O–H groups in total. The molecule has 0 aliphatic rings. The second kappa shape index (κ2) is 8.13. The minimum atomic E-state index is 0.